The van der Waals surface area contributed by atoms with Crippen LogP contribution in [0.4, 0.5) is 4.79 Å². The number of carbonyl (C=O) groups is 2. The van der Waals surface area contributed by atoms with Crippen LogP contribution in [-0.4, -0.2) is 49.0 Å². The van der Waals surface area contributed by atoms with Crippen LogP contribution in [0.2, 0.25) is 0 Å². The Hall–Kier alpha value is -2.50. The number of amides is 3. The van der Waals surface area contributed by atoms with Gasteiger partial charge in [-0.15, -0.1) is 0 Å². The molecule has 24 heavy (non-hydrogen) atoms. The molecule has 3 amide bonds. The van der Waals surface area contributed by atoms with Crippen molar-refractivity contribution in [1.29, 1.82) is 0 Å². The molecule has 0 saturated heterocycles. The summed E-state index contributed by atoms with van der Waals surface area (Å²) in [4.78, 5) is 28.7. The van der Waals surface area contributed by atoms with Gasteiger partial charge in [-0.3, -0.25) is 9.69 Å². The summed E-state index contributed by atoms with van der Waals surface area (Å²) in [6, 6.07) is 6.92. The first-order valence-corrected chi connectivity index (χ1v) is 8.29. The number of nitrogens with one attached hydrogen (secondary N) is 1. The largest absolute Gasteiger partial charge is 0.497 e. The van der Waals surface area contributed by atoms with E-state index in [0.29, 0.717) is 23.8 Å². The Bertz CT molecular complexity index is 739. The minimum atomic E-state index is -0.421. The Balaban J connectivity index is 1.70. The molecular weight excluding hydrogens is 306 g/mol. The molecule has 1 atom stereocenters. The van der Waals surface area contributed by atoms with Crippen molar-refractivity contribution in [3.05, 3.63) is 41.1 Å². The predicted octanol–water partition coefficient (Wildman–Crippen LogP) is 1.90. The second-order valence-corrected chi connectivity index (χ2v) is 6.71. The average Bonchev–Trinajstić information content (AvgIpc) is 3.35. The fraction of sp³-hybridized carbons (Fsp3) is 0.444. The third kappa shape index (κ3) is 2.42. The molecule has 0 bridgehead atoms. The number of urea groups is 1. The zero-order valence-electron chi connectivity index (χ0n) is 13.9. The van der Waals surface area contributed by atoms with E-state index in [4.69, 9.17) is 4.74 Å². The fourth-order valence-corrected chi connectivity index (χ4v) is 3.45. The van der Waals surface area contributed by atoms with E-state index in [-0.39, 0.29) is 11.9 Å². The van der Waals surface area contributed by atoms with Crippen LogP contribution in [0.25, 0.3) is 0 Å². The lowest BCUT2D eigenvalue weighted by molar-refractivity contribution is -0.126. The lowest BCUT2D eigenvalue weighted by Crippen LogP contribution is -2.45. The van der Waals surface area contributed by atoms with Crippen molar-refractivity contribution in [2.45, 2.75) is 18.9 Å². The summed E-state index contributed by atoms with van der Waals surface area (Å²) >= 11 is 0. The number of ether oxygens (including phenoxy) is 1. The summed E-state index contributed by atoms with van der Waals surface area (Å²) in [6.07, 6.45) is 2.39. The van der Waals surface area contributed by atoms with Gasteiger partial charge in [-0.1, -0.05) is 12.1 Å². The third-order valence-electron chi connectivity index (χ3n) is 5.04. The predicted molar refractivity (Wildman–Crippen MR) is 88.4 cm³/mol. The fourth-order valence-electron chi connectivity index (χ4n) is 3.45. The highest BCUT2D eigenvalue weighted by Gasteiger charge is 2.44. The van der Waals surface area contributed by atoms with E-state index in [1.807, 2.05) is 29.2 Å². The molecule has 0 radical (unpaired) electrons. The molecule has 126 valence electrons. The number of nitrogens with zero attached hydrogens (tertiary/aromatic N) is 2. The van der Waals surface area contributed by atoms with E-state index in [1.54, 1.807) is 19.1 Å². The Kier molecular flexibility index (Phi) is 3.48. The van der Waals surface area contributed by atoms with Crippen molar-refractivity contribution in [3.8, 4) is 5.75 Å². The van der Waals surface area contributed by atoms with Crippen molar-refractivity contribution < 1.29 is 14.3 Å². The summed E-state index contributed by atoms with van der Waals surface area (Å²) in [5.41, 5.74) is 2.37. The monoisotopic (exact) mass is 327 g/mol. The highest BCUT2D eigenvalue weighted by Crippen LogP contribution is 2.38. The molecule has 0 aromatic heterocycles. The number of likely N-dealkylation sites (N-methyl/N-ethyl adjacent to an activating group) is 1. The first-order valence-electron chi connectivity index (χ1n) is 8.29. The van der Waals surface area contributed by atoms with Crippen molar-refractivity contribution in [2.75, 3.05) is 27.2 Å². The van der Waals surface area contributed by atoms with Crippen molar-refractivity contribution in [2.24, 2.45) is 5.92 Å². The van der Waals surface area contributed by atoms with Crippen LogP contribution >= 0.6 is 0 Å². The third-order valence-corrected chi connectivity index (χ3v) is 5.04. The molecule has 3 aliphatic rings. The van der Waals surface area contributed by atoms with E-state index in [0.717, 1.165) is 17.8 Å². The Morgan fingerprint density at radius 2 is 2.08 bits per heavy atom. The molecule has 1 unspecified atom stereocenters. The van der Waals surface area contributed by atoms with Crippen LogP contribution in [0.5, 0.6) is 5.75 Å². The first kappa shape index (κ1) is 15.1. The number of benzene rings is 1. The van der Waals surface area contributed by atoms with Crippen LogP contribution < -0.4 is 10.1 Å². The number of hydrogen-bond acceptors (Lipinski definition) is 3. The summed E-state index contributed by atoms with van der Waals surface area (Å²) in [5, 5.41) is 2.95. The molecule has 1 N–H and O–H groups in total. The molecule has 1 aromatic carbocycles. The maximum absolute atomic E-state index is 13.0. The van der Waals surface area contributed by atoms with Gasteiger partial charge in [0.15, 0.2) is 0 Å². The van der Waals surface area contributed by atoms with Gasteiger partial charge in [0.05, 0.1) is 31.0 Å². The van der Waals surface area contributed by atoms with Gasteiger partial charge in [-0.25, -0.2) is 4.79 Å². The molecule has 1 aliphatic carbocycles. The van der Waals surface area contributed by atoms with Crippen LogP contribution in [0.3, 0.4) is 0 Å². The summed E-state index contributed by atoms with van der Waals surface area (Å²) in [6.45, 7) is 1.31. The number of carbonyl (C=O) groups excluding carboxylic acids is 2. The van der Waals surface area contributed by atoms with Crippen molar-refractivity contribution >= 4 is 11.9 Å². The molecule has 2 aliphatic heterocycles. The first-order chi connectivity index (χ1) is 11.6. The van der Waals surface area contributed by atoms with Crippen molar-refractivity contribution in [1.82, 2.24) is 15.1 Å². The molecule has 1 saturated carbocycles. The highest BCUT2D eigenvalue weighted by molar-refractivity contribution is 6.01. The Labute approximate surface area is 141 Å². The smallest absolute Gasteiger partial charge is 0.322 e. The molecule has 6 nitrogen and oxygen atoms in total. The second-order valence-electron chi connectivity index (χ2n) is 6.71. The molecular formula is C18H21N3O3. The molecule has 6 heteroatoms. The molecule has 0 spiro atoms. The zero-order chi connectivity index (χ0) is 16.8. The molecule has 1 fully saturated rings. The summed E-state index contributed by atoms with van der Waals surface area (Å²) in [5.74, 6) is 1.37. The SMILES string of the molecule is COc1cccc(C2NC(=O)N(C)C3=C2C(=O)N(CC2CC2)C3)c1. The second kappa shape index (κ2) is 5.54. The molecule has 4 rings (SSSR count). The summed E-state index contributed by atoms with van der Waals surface area (Å²) < 4.78 is 5.28. The minimum Gasteiger partial charge on any atom is -0.497 e. The van der Waals surface area contributed by atoms with E-state index in [2.05, 4.69) is 5.32 Å². The van der Waals surface area contributed by atoms with Crippen LogP contribution in [-0.2, 0) is 4.79 Å². The maximum Gasteiger partial charge on any atom is 0.322 e. The quantitative estimate of drug-likeness (QED) is 0.919. The summed E-state index contributed by atoms with van der Waals surface area (Å²) in [7, 11) is 3.33. The van der Waals surface area contributed by atoms with Gasteiger partial charge >= 0.3 is 6.03 Å². The van der Waals surface area contributed by atoms with Gasteiger partial charge < -0.3 is 15.0 Å². The standard InChI is InChI=1S/C18H21N3O3/c1-20-14-10-21(9-11-6-7-11)17(22)15(14)16(19-18(20)23)12-4-3-5-13(8-12)24-2/h3-5,8,11,16H,6-7,9-10H2,1-2H3,(H,19,23). The van der Waals surface area contributed by atoms with E-state index in [1.165, 1.54) is 12.8 Å². The maximum atomic E-state index is 13.0. The van der Waals surface area contributed by atoms with Crippen molar-refractivity contribution in [3.63, 3.8) is 0 Å². The highest BCUT2D eigenvalue weighted by atomic mass is 16.5. The Morgan fingerprint density at radius 3 is 2.79 bits per heavy atom. The topological polar surface area (TPSA) is 61.9 Å². The average molecular weight is 327 g/mol. The van der Waals surface area contributed by atoms with Gasteiger partial charge in [-0.05, 0) is 36.5 Å². The van der Waals surface area contributed by atoms with E-state index >= 15 is 0 Å². The van der Waals surface area contributed by atoms with Crippen LogP contribution in [0, 0.1) is 5.92 Å². The number of hydrogen-bond donors (Lipinski definition) is 1. The van der Waals surface area contributed by atoms with E-state index in [9.17, 15) is 9.59 Å². The molecule has 1 aromatic rings. The van der Waals surface area contributed by atoms with Gasteiger partial charge in [0.2, 0.25) is 0 Å². The minimum absolute atomic E-state index is 0.0385. The van der Waals surface area contributed by atoms with Crippen LogP contribution in [0.15, 0.2) is 35.5 Å². The van der Waals surface area contributed by atoms with Gasteiger partial charge in [0.1, 0.15) is 5.75 Å². The lowest BCUT2D eigenvalue weighted by Gasteiger charge is -2.31. The number of methoxy groups -OCH3 is 1. The van der Waals surface area contributed by atoms with Crippen LogP contribution in [0.1, 0.15) is 24.4 Å². The van der Waals surface area contributed by atoms with E-state index < -0.39 is 6.04 Å². The van der Waals surface area contributed by atoms with Gasteiger partial charge in [-0.2, -0.15) is 0 Å². The lowest BCUT2D eigenvalue weighted by atomic mass is 9.95. The normalized spacial score (nSPS) is 23.5. The number of rotatable bonds is 4. The Morgan fingerprint density at radius 1 is 1.29 bits per heavy atom. The zero-order valence-corrected chi connectivity index (χ0v) is 13.9. The van der Waals surface area contributed by atoms with Gasteiger partial charge in [0, 0.05) is 13.6 Å². The molecule has 2 heterocycles. The van der Waals surface area contributed by atoms with Gasteiger partial charge in [0.25, 0.3) is 5.91 Å².